The molecule has 1 aliphatic carbocycles. The summed E-state index contributed by atoms with van der Waals surface area (Å²) in [5.74, 6) is 1.04. The minimum absolute atomic E-state index is 0.0287. The van der Waals surface area contributed by atoms with E-state index in [2.05, 4.69) is 30.3 Å². The average molecular weight is 602 g/mol. The second-order valence-electron chi connectivity index (χ2n) is 10.6. The van der Waals surface area contributed by atoms with E-state index in [0.29, 0.717) is 20.8 Å². The van der Waals surface area contributed by atoms with E-state index in [4.69, 9.17) is 14.5 Å². The molecule has 1 aliphatic heterocycles. The number of thiazole rings is 1. The summed E-state index contributed by atoms with van der Waals surface area (Å²) in [6.45, 7) is 0.222. The number of nitro groups is 1. The van der Waals surface area contributed by atoms with E-state index in [1.807, 2.05) is 47.0 Å². The number of nitro benzene ring substituents is 1. The maximum Gasteiger partial charge on any atom is 0.271 e. The van der Waals surface area contributed by atoms with Crippen LogP contribution in [0, 0.1) is 10.1 Å². The van der Waals surface area contributed by atoms with E-state index >= 15 is 0 Å². The standard InChI is InChI=1S/C35H27N3O5S/c1-42-30-19-23(13-18-29(30)43-21-22-11-15-26(16-12-22)38(40)41)20-31-34(39)37-33(25-8-3-2-4-9-25)28-17-14-24-7-5-6-10-27(24)32(28)36-35(37)44-31/h2-13,15-16,18-20,33H,14,17,21H2,1H3/b31-20+/t33-/m0/s1. The lowest BCUT2D eigenvalue weighted by Gasteiger charge is -2.30. The summed E-state index contributed by atoms with van der Waals surface area (Å²) in [4.78, 5) is 30.3. The minimum atomic E-state index is -0.432. The Kier molecular flexibility index (Phi) is 7.15. The molecule has 2 aliphatic rings. The van der Waals surface area contributed by atoms with Gasteiger partial charge in [0.05, 0.1) is 28.3 Å². The highest BCUT2D eigenvalue weighted by Gasteiger charge is 2.32. The second kappa shape index (κ2) is 11.4. The van der Waals surface area contributed by atoms with Crippen molar-refractivity contribution in [1.82, 2.24) is 4.57 Å². The summed E-state index contributed by atoms with van der Waals surface area (Å²) >= 11 is 1.39. The van der Waals surface area contributed by atoms with Crippen molar-refractivity contribution < 1.29 is 14.4 Å². The topological polar surface area (TPSA) is 96.0 Å². The van der Waals surface area contributed by atoms with Gasteiger partial charge in [-0.25, -0.2) is 4.99 Å². The maximum atomic E-state index is 14.0. The van der Waals surface area contributed by atoms with Gasteiger partial charge in [0.15, 0.2) is 16.3 Å². The lowest BCUT2D eigenvalue weighted by atomic mass is 9.83. The quantitative estimate of drug-likeness (QED) is 0.173. The molecule has 0 saturated carbocycles. The number of ether oxygens (including phenoxy) is 2. The van der Waals surface area contributed by atoms with E-state index in [1.165, 1.54) is 34.6 Å². The predicted octanol–water partition coefficient (Wildman–Crippen LogP) is 5.81. The Labute approximate surface area is 256 Å². The Morgan fingerprint density at radius 2 is 1.75 bits per heavy atom. The summed E-state index contributed by atoms with van der Waals surface area (Å²) in [6, 6.07) is 30.1. The molecule has 0 fully saturated rings. The van der Waals surface area contributed by atoms with Crippen LogP contribution < -0.4 is 24.4 Å². The highest BCUT2D eigenvalue weighted by molar-refractivity contribution is 7.07. The van der Waals surface area contributed by atoms with E-state index in [9.17, 15) is 14.9 Å². The first-order chi connectivity index (χ1) is 21.5. The molecule has 0 radical (unpaired) electrons. The normalized spacial score (nSPS) is 15.6. The van der Waals surface area contributed by atoms with Crippen molar-refractivity contribution in [3.63, 3.8) is 0 Å². The number of non-ortho nitro benzene ring substituents is 1. The Morgan fingerprint density at radius 3 is 2.52 bits per heavy atom. The third-order valence-corrected chi connectivity index (χ3v) is 9.00. The third kappa shape index (κ3) is 5.01. The Balaban J connectivity index is 1.25. The van der Waals surface area contributed by atoms with Gasteiger partial charge < -0.3 is 9.47 Å². The molecule has 1 aromatic heterocycles. The molecular formula is C35H27N3O5S. The van der Waals surface area contributed by atoms with Gasteiger partial charge in [0, 0.05) is 17.7 Å². The van der Waals surface area contributed by atoms with Crippen LogP contribution in [0.2, 0.25) is 0 Å². The molecule has 0 bridgehead atoms. The van der Waals surface area contributed by atoms with E-state index < -0.39 is 4.92 Å². The Bertz CT molecular complexity index is 2110. The first-order valence-electron chi connectivity index (χ1n) is 14.2. The molecule has 218 valence electrons. The van der Waals surface area contributed by atoms with Crippen molar-refractivity contribution in [3.05, 3.63) is 160 Å². The molecule has 0 amide bonds. The van der Waals surface area contributed by atoms with E-state index in [-0.39, 0.29) is 23.9 Å². The van der Waals surface area contributed by atoms with Crippen LogP contribution in [-0.4, -0.2) is 16.6 Å². The van der Waals surface area contributed by atoms with Crippen LogP contribution in [0.25, 0.3) is 11.8 Å². The van der Waals surface area contributed by atoms with Crippen LogP contribution in [0.15, 0.2) is 112 Å². The van der Waals surface area contributed by atoms with Gasteiger partial charge in [0.25, 0.3) is 11.2 Å². The van der Waals surface area contributed by atoms with E-state index in [0.717, 1.165) is 40.8 Å². The summed E-state index contributed by atoms with van der Waals surface area (Å²) in [5, 5.41) is 10.9. The van der Waals surface area contributed by atoms with Crippen molar-refractivity contribution in [2.45, 2.75) is 25.5 Å². The minimum Gasteiger partial charge on any atom is -0.493 e. The van der Waals surface area contributed by atoms with Crippen LogP contribution in [0.3, 0.4) is 0 Å². The van der Waals surface area contributed by atoms with Crippen molar-refractivity contribution in [2.75, 3.05) is 7.11 Å². The zero-order valence-corrected chi connectivity index (χ0v) is 24.6. The highest BCUT2D eigenvalue weighted by Crippen LogP contribution is 2.41. The predicted molar refractivity (Wildman–Crippen MR) is 170 cm³/mol. The lowest BCUT2D eigenvalue weighted by Crippen LogP contribution is -2.38. The van der Waals surface area contributed by atoms with E-state index in [1.54, 1.807) is 25.3 Å². The zero-order valence-electron chi connectivity index (χ0n) is 23.8. The SMILES string of the molecule is COc1cc(/C=c2/sc3n(c2=O)[C@@H](c2ccccc2)C2=C(N=3)c3ccccc3CC2)ccc1OCc1ccc([N+](=O)[O-])cc1. The van der Waals surface area contributed by atoms with Gasteiger partial charge in [-0.05, 0) is 71.0 Å². The van der Waals surface area contributed by atoms with Crippen molar-refractivity contribution in [3.8, 4) is 11.5 Å². The number of nitrogens with zero attached hydrogens (tertiary/aromatic N) is 3. The smallest absolute Gasteiger partial charge is 0.271 e. The highest BCUT2D eigenvalue weighted by atomic mass is 32.1. The van der Waals surface area contributed by atoms with Crippen molar-refractivity contribution in [2.24, 2.45) is 4.99 Å². The molecule has 2 heterocycles. The Morgan fingerprint density at radius 1 is 0.977 bits per heavy atom. The lowest BCUT2D eigenvalue weighted by molar-refractivity contribution is -0.384. The molecule has 0 saturated heterocycles. The number of fused-ring (bicyclic) bond motifs is 3. The second-order valence-corrected chi connectivity index (χ2v) is 11.7. The molecule has 1 atom stereocenters. The first-order valence-corrected chi connectivity index (χ1v) is 15.0. The number of methoxy groups -OCH3 is 1. The maximum absolute atomic E-state index is 14.0. The number of benzene rings is 4. The summed E-state index contributed by atoms with van der Waals surface area (Å²) < 4.78 is 14.0. The molecule has 7 rings (SSSR count). The van der Waals surface area contributed by atoms with Crippen LogP contribution in [0.5, 0.6) is 11.5 Å². The molecule has 0 N–H and O–H groups in total. The molecular weight excluding hydrogens is 574 g/mol. The number of hydrogen-bond donors (Lipinski definition) is 0. The fraction of sp³-hybridized carbons (Fsp3) is 0.143. The first kappa shape index (κ1) is 27.5. The number of aromatic nitrogens is 1. The van der Waals surface area contributed by atoms with Gasteiger partial charge >= 0.3 is 0 Å². The average Bonchev–Trinajstić information content (AvgIpc) is 3.37. The number of aryl methyl sites for hydroxylation is 1. The Hall–Kier alpha value is -5.28. The van der Waals surface area contributed by atoms with Crippen LogP contribution in [0.1, 0.15) is 40.3 Å². The molecule has 44 heavy (non-hydrogen) atoms. The molecule has 8 nitrogen and oxygen atoms in total. The van der Waals surface area contributed by atoms with Crippen LogP contribution in [-0.2, 0) is 13.0 Å². The largest absolute Gasteiger partial charge is 0.493 e. The number of allylic oxidation sites excluding steroid dienone is 1. The van der Waals surface area contributed by atoms with Crippen LogP contribution in [0.4, 0.5) is 5.69 Å². The van der Waals surface area contributed by atoms with Crippen LogP contribution >= 0.6 is 11.3 Å². The molecule has 0 unspecified atom stereocenters. The third-order valence-electron chi connectivity index (χ3n) is 8.02. The van der Waals surface area contributed by atoms with Gasteiger partial charge in [0.2, 0.25) is 0 Å². The van der Waals surface area contributed by atoms with Crippen molar-refractivity contribution in [1.29, 1.82) is 0 Å². The van der Waals surface area contributed by atoms with Gasteiger partial charge in [-0.2, -0.15) is 0 Å². The molecule has 9 heteroatoms. The molecule has 4 aromatic carbocycles. The zero-order chi connectivity index (χ0) is 30.2. The summed E-state index contributed by atoms with van der Waals surface area (Å²) in [7, 11) is 1.56. The van der Waals surface area contributed by atoms with Crippen molar-refractivity contribution >= 4 is 28.8 Å². The van der Waals surface area contributed by atoms with Gasteiger partial charge in [-0.15, -0.1) is 0 Å². The van der Waals surface area contributed by atoms with Gasteiger partial charge in [-0.3, -0.25) is 19.5 Å². The molecule has 0 spiro atoms. The fourth-order valence-electron chi connectivity index (χ4n) is 5.88. The number of hydrogen-bond acceptors (Lipinski definition) is 7. The van der Waals surface area contributed by atoms with Gasteiger partial charge in [-0.1, -0.05) is 72.0 Å². The summed E-state index contributed by atoms with van der Waals surface area (Å²) in [6.07, 6.45) is 3.62. The summed E-state index contributed by atoms with van der Waals surface area (Å²) in [5.41, 5.74) is 7.17. The number of rotatable bonds is 7. The van der Waals surface area contributed by atoms with Gasteiger partial charge in [0.1, 0.15) is 6.61 Å². The molecule has 5 aromatic rings. The fourth-order valence-corrected chi connectivity index (χ4v) is 6.88. The monoisotopic (exact) mass is 601 g/mol.